The highest BCUT2D eigenvalue weighted by Gasteiger charge is 2.13. The molecule has 0 aliphatic heterocycles. The van der Waals surface area contributed by atoms with E-state index in [4.69, 9.17) is 11.6 Å². The van der Waals surface area contributed by atoms with E-state index in [1.807, 2.05) is 6.92 Å². The van der Waals surface area contributed by atoms with Crippen LogP contribution in [0.3, 0.4) is 0 Å². The lowest BCUT2D eigenvalue weighted by molar-refractivity contribution is 0.620. The summed E-state index contributed by atoms with van der Waals surface area (Å²) in [7, 11) is 0. The molecule has 0 fully saturated rings. The first-order valence-corrected chi connectivity index (χ1v) is 5.05. The maximum Gasteiger partial charge on any atom is 0.116 e. The molecule has 1 aromatic rings. The fourth-order valence-corrected chi connectivity index (χ4v) is 1.69. The van der Waals surface area contributed by atoms with Gasteiger partial charge in [0.15, 0.2) is 0 Å². The van der Waals surface area contributed by atoms with E-state index in [1.165, 1.54) is 0 Å². The van der Waals surface area contributed by atoms with E-state index in [2.05, 4.69) is 23.8 Å². The molecule has 0 spiro atoms. The van der Waals surface area contributed by atoms with Crippen LogP contribution in [0, 0.1) is 6.92 Å². The molecule has 0 saturated carbocycles. The highest BCUT2D eigenvalue weighted by molar-refractivity contribution is 6.31. The first-order valence-electron chi connectivity index (χ1n) is 4.67. The SMILES string of the molecule is CCC(CC)c1ncnc(C)c1Cl. The molecule has 0 bridgehead atoms. The first kappa shape index (κ1) is 10.5. The second-order valence-electron chi connectivity index (χ2n) is 3.17. The summed E-state index contributed by atoms with van der Waals surface area (Å²) >= 11 is 6.12. The summed E-state index contributed by atoms with van der Waals surface area (Å²) in [6, 6.07) is 0. The average Bonchev–Trinajstić information content (AvgIpc) is 2.14. The summed E-state index contributed by atoms with van der Waals surface area (Å²) in [6.45, 7) is 6.22. The third kappa shape index (κ3) is 2.19. The molecule has 1 aromatic heterocycles. The van der Waals surface area contributed by atoms with Crippen LogP contribution in [-0.4, -0.2) is 9.97 Å². The summed E-state index contributed by atoms with van der Waals surface area (Å²) in [5, 5.41) is 0.733. The zero-order valence-corrected chi connectivity index (χ0v) is 9.10. The molecule has 13 heavy (non-hydrogen) atoms. The fraction of sp³-hybridized carbons (Fsp3) is 0.600. The zero-order chi connectivity index (χ0) is 9.84. The highest BCUT2D eigenvalue weighted by atomic mass is 35.5. The molecule has 2 nitrogen and oxygen atoms in total. The first-order chi connectivity index (χ1) is 6.20. The molecule has 0 unspecified atom stereocenters. The summed E-state index contributed by atoms with van der Waals surface area (Å²) < 4.78 is 0. The third-order valence-corrected chi connectivity index (χ3v) is 2.83. The molecule has 3 heteroatoms. The minimum Gasteiger partial charge on any atom is -0.240 e. The van der Waals surface area contributed by atoms with Crippen molar-refractivity contribution in [1.29, 1.82) is 0 Å². The molecular formula is C10H15ClN2. The Morgan fingerprint density at radius 3 is 2.46 bits per heavy atom. The van der Waals surface area contributed by atoms with E-state index in [0.717, 1.165) is 29.3 Å². The van der Waals surface area contributed by atoms with Gasteiger partial charge in [-0.3, -0.25) is 0 Å². The van der Waals surface area contributed by atoms with Gasteiger partial charge in [0.2, 0.25) is 0 Å². The lowest BCUT2D eigenvalue weighted by Crippen LogP contribution is -2.02. The predicted octanol–water partition coefficient (Wildman–Crippen LogP) is 3.34. The second kappa shape index (κ2) is 4.56. The van der Waals surface area contributed by atoms with Gasteiger partial charge in [-0.25, -0.2) is 9.97 Å². The Balaban J connectivity index is 3.05. The molecule has 0 aliphatic rings. The molecule has 0 N–H and O–H groups in total. The zero-order valence-electron chi connectivity index (χ0n) is 8.34. The van der Waals surface area contributed by atoms with Crippen molar-refractivity contribution in [2.75, 3.05) is 0 Å². The molecule has 1 heterocycles. The largest absolute Gasteiger partial charge is 0.240 e. The Morgan fingerprint density at radius 2 is 1.92 bits per heavy atom. The lowest BCUT2D eigenvalue weighted by Gasteiger charge is -2.13. The molecule has 0 amide bonds. The molecular weight excluding hydrogens is 184 g/mol. The third-order valence-electron chi connectivity index (χ3n) is 2.36. The molecule has 72 valence electrons. The van der Waals surface area contributed by atoms with Gasteiger partial charge in [0.1, 0.15) is 6.33 Å². The van der Waals surface area contributed by atoms with Gasteiger partial charge in [-0.2, -0.15) is 0 Å². The molecule has 0 aliphatic carbocycles. The van der Waals surface area contributed by atoms with Crippen LogP contribution >= 0.6 is 11.6 Å². The van der Waals surface area contributed by atoms with Crippen molar-refractivity contribution < 1.29 is 0 Å². The summed E-state index contributed by atoms with van der Waals surface area (Å²) in [5.74, 6) is 0.467. The standard InChI is InChI=1S/C10H15ClN2/c1-4-8(5-2)10-9(11)7(3)12-6-13-10/h6,8H,4-5H2,1-3H3. The normalized spacial score (nSPS) is 10.8. The number of aryl methyl sites for hydroxylation is 1. The number of halogens is 1. The number of aromatic nitrogens is 2. The monoisotopic (exact) mass is 198 g/mol. The van der Waals surface area contributed by atoms with Gasteiger partial charge in [-0.15, -0.1) is 0 Å². The molecule has 0 atom stereocenters. The van der Waals surface area contributed by atoms with Crippen molar-refractivity contribution in [3.8, 4) is 0 Å². The van der Waals surface area contributed by atoms with Crippen LogP contribution in [-0.2, 0) is 0 Å². The van der Waals surface area contributed by atoms with Crippen molar-refractivity contribution in [3.05, 3.63) is 22.7 Å². The topological polar surface area (TPSA) is 25.8 Å². The van der Waals surface area contributed by atoms with Gasteiger partial charge in [0, 0.05) is 5.92 Å². The number of nitrogens with zero attached hydrogens (tertiary/aromatic N) is 2. The summed E-state index contributed by atoms with van der Waals surface area (Å²) in [5.41, 5.74) is 1.87. The van der Waals surface area contributed by atoms with Crippen molar-refractivity contribution in [1.82, 2.24) is 9.97 Å². The van der Waals surface area contributed by atoms with E-state index in [1.54, 1.807) is 6.33 Å². The number of hydrogen-bond acceptors (Lipinski definition) is 2. The molecule has 0 saturated heterocycles. The number of rotatable bonds is 3. The quantitative estimate of drug-likeness (QED) is 0.745. The Bertz CT molecular complexity index is 282. The summed E-state index contributed by atoms with van der Waals surface area (Å²) in [6.07, 6.45) is 3.74. The van der Waals surface area contributed by atoms with Crippen LogP contribution in [0.25, 0.3) is 0 Å². The van der Waals surface area contributed by atoms with Gasteiger partial charge < -0.3 is 0 Å². The van der Waals surface area contributed by atoms with Gasteiger partial charge in [0.05, 0.1) is 16.4 Å². The predicted molar refractivity (Wildman–Crippen MR) is 55.1 cm³/mol. The maximum atomic E-state index is 6.12. The van der Waals surface area contributed by atoms with Crippen molar-refractivity contribution >= 4 is 11.6 Å². The van der Waals surface area contributed by atoms with Gasteiger partial charge >= 0.3 is 0 Å². The highest BCUT2D eigenvalue weighted by Crippen LogP contribution is 2.28. The smallest absolute Gasteiger partial charge is 0.116 e. The Morgan fingerprint density at radius 1 is 1.31 bits per heavy atom. The average molecular weight is 199 g/mol. The fourth-order valence-electron chi connectivity index (χ4n) is 1.44. The van der Waals surface area contributed by atoms with Crippen molar-refractivity contribution in [2.24, 2.45) is 0 Å². The van der Waals surface area contributed by atoms with Gasteiger partial charge in [-0.05, 0) is 19.8 Å². The van der Waals surface area contributed by atoms with E-state index in [0.29, 0.717) is 5.92 Å². The van der Waals surface area contributed by atoms with E-state index < -0.39 is 0 Å². The summed E-state index contributed by atoms with van der Waals surface area (Å²) in [4.78, 5) is 8.29. The van der Waals surface area contributed by atoms with Crippen LogP contribution in [0.2, 0.25) is 5.02 Å². The molecule has 0 radical (unpaired) electrons. The van der Waals surface area contributed by atoms with Gasteiger partial charge in [-0.1, -0.05) is 25.4 Å². The van der Waals surface area contributed by atoms with Crippen LogP contribution in [0.4, 0.5) is 0 Å². The van der Waals surface area contributed by atoms with Crippen LogP contribution in [0.5, 0.6) is 0 Å². The Kier molecular flexibility index (Phi) is 3.67. The van der Waals surface area contributed by atoms with Gasteiger partial charge in [0.25, 0.3) is 0 Å². The van der Waals surface area contributed by atoms with E-state index >= 15 is 0 Å². The second-order valence-corrected chi connectivity index (χ2v) is 3.55. The van der Waals surface area contributed by atoms with Crippen LogP contribution in [0.15, 0.2) is 6.33 Å². The maximum absolute atomic E-state index is 6.12. The lowest BCUT2D eigenvalue weighted by atomic mass is 9.99. The van der Waals surface area contributed by atoms with E-state index in [9.17, 15) is 0 Å². The number of hydrogen-bond donors (Lipinski definition) is 0. The minimum absolute atomic E-state index is 0.467. The Labute approximate surface area is 84.4 Å². The van der Waals surface area contributed by atoms with Crippen molar-refractivity contribution in [3.63, 3.8) is 0 Å². The molecule has 0 aromatic carbocycles. The van der Waals surface area contributed by atoms with Crippen molar-refractivity contribution in [2.45, 2.75) is 39.5 Å². The Hall–Kier alpha value is -0.630. The van der Waals surface area contributed by atoms with E-state index in [-0.39, 0.29) is 0 Å². The molecule has 1 rings (SSSR count). The van der Waals surface area contributed by atoms with Crippen LogP contribution in [0.1, 0.15) is 44.0 Å². The van der Waals surface area contributed by atoms with Crippen LogP contribution < -0.4 is 0 Å². The minimum atomic E-state index is 0.467.